The maximum atomic E-state index is 6.16. The van der Waals surface area contributed by atoms with Crippen molar-refractivity contribution in [3.8, 4) is 11.1 Å². The molecule has 3 nitrogen and oxygen atoms in total. The first-order valence-electron chi connectivity index (χ1n) is 8.24. The van der Waals surface area contributed by atoms with Crippen LogP contribution in [0.25, 0.3) is 11.1 Å². The number of aryl methyl sites for hydroxylation is 1. The fourth-order valence-corrected chi connectivity index (χ4v) is 4.36. The predicted molar refractivity (Wildman–Crippen MR) is 103 cm³/mol. The molecule has 1 aliphatic rings. The summed E-state index contributed by atoms with van der Waals surface area (Å²) in [6.45, 7) is 0.839. The number of fused-ring (bicyclic) bond motifs is 1. The fourth-order valence-electron chi connectivity index (χ4n) is 3.51. The molecule has 4 rings (SSSR count). The summed E-state index contributed by atoms with van der Waals surface area (Å²) in [4.78, 5) is 0. The number of rotatable bonds is 4. The third-order valence-corrected chi connectivity index (χ3v) is 5.57. The van der Waals surface area contributed by atoms with E-state index in [1.165, 1.54) is 28.7 Å². The Hall–Kier alpha value is -2.30. The monoisotopic (exact) mass is 335 g/mol. The smallest absolute Gasteiger partial charge is 0.0395 e. The molecule has 0 saturated carbocycles. The van der Waals surface area contributed by atoms with E-state index >= 15 is 0 Å². The lowest BCUT2D eigenvalue weighted by Crippen LogP contribution is -2.18. The van der Waals surface area contributed by atoms with Gasteiger partial charge in [-0.05, 0) is 64.1 Å². The van der Waals surface area contributed by atoms with Crippen molar-refractivity contribution in [2.75, 3.05) is 11.5 Å². The van der Waals surface area contributed by atoms with E-state index in [4.69, 9.17) is 11.5 Å². The number of thiophene rings is 1. The van der Waals surface area contributed by atoms with Gasteiger partial charge in [0, 0.05) is 29.5 Å². The van der Waals surface area contributed by atoms with Crippen molar-refractivity contribution in [3.05, 3.63) is 69.9 Å². The molecule has 5 N–H and O–H groups in total. The predicted octanol–water partition coefficient (Wildman–Crippen LogP) is 4.36. The van der Waals surface area contributed by atoms with Crippen molar-refractivity contribution in [1.29, 1.82) is 0 Å². The Balaban J connectivity index is 1.55. The van der Waals surface area contributed by atoms with E-state index in [1.807, 2.05) is 18.2 Å². The van der Waals surface area contributed by atoms with Crippen LogP contribution in [0.2, 0.25) is 0 Å². The van der Waals surface area contributed by atoms with E-state index in [-0.39, 0.29) is 0 Å². The Morgan fingerprint density at radius 2 is 1.92 bits per heavy atom. The average molecular weight is 335 g/mol. The van der Waals surface area contributed by atoms with Crippen LogP contribution in [0.1, 0.15) is 29.2 Å². The van der Waals surface area contributed by atoms with E-state index in [1.54, 1.807) is 11.3 Å². The Bertz CT molecular complexity index is 869. The van der Waals surface area contributed by atoms with Crippen molar-refractivity contribution >= 4 is 22.7 Å². The van der Waals surface area contributed by atoms with Crippen LogP contribution < -0.4 is 16.8 Å². The Kier molecular flexibility index (Phi) is 4.00. The summed E-state index contributed by atoms with van der Waals surface area (Å²) in [5.41, 5.74) is 20.0. The third-order valence-electron chi connectivity index (χ3n) is 4.78. The normalized spacial score (nSPS) is 16.2. The molecule has 0 saturated heterocycles. The molecule has 1 aromatic heterocycles. The molecule has 0 fully saturated rings. The number of benzene rings is 2. The summed E-state index contributed by atoms with van der Waals surface area (Å²) in [6, 6.07) is 14.9. The van der Waals surface area contributed by atoms with Crippen molar-refractivity contribution in [1.82, 2.24) is 5.32 Å². The number of anilines is 2. The highest BCUT2D eigenvalue weighted by Crippen LogP contribution is 2.35. The molecule has 1 heterocycles. The SMILES string of the molecule is Nc1ccc(N)c(-c2cscc2CNC2CCc3ccccc32)c1. The van der Waals surface area contributed by atoms with Crippen LogP contribution in [0.5, 0.6) is 0 Å². The molecule has 122 valence electrons. The van der Waals surface area contributed by atoms with Gasteiger partial charge in [0.05, 0.1) is 0 Å². The van der Waals surface area contributed by atoms with E-state index in [0.29, 0.717) is 6.04 Å². The van der Waals surface area contributed by atoms with Gasteiger partial charge < -0.3 is 16.8 Å². The van der Waals surface area contributed by atoms with Crippen LogP contribution in [-0.4, -0.2) is 0 Å². The zero-order valence-corrected chi connectivity index (χ0v) is 14.3. The Morgan fingerprint density at radius 1 is 1.04 bits per heavy atom. The lowest BCUT2D eigenvalue weighted by molar-refractivity contribution is 0.531. The van der Waals surface area contributed by atoms with Gasteiger partial charge in [-0.3, -0.25) is 0 Å². The number of nitrogens with two attached hydrogens (primary N) is 2. The molecule has 1 aliphatic carbocycles. The van der Waals surface area contributed by atoms with Gasteiger partial charge in [-0.15, -0.1) is 0 Å². The molecule has 3 aromatic rings. The summed E-state index contributed by atoms with van der Waals surface area (Å²) in [6.07, 6.45) is 2.33. The lowest BCUT2D eigenvalue weighted by Gasteiger charge is -2.15. The molecule has 24 heavy (non-hydrogen) atoms. The quantitative estimate of drug-likeness (QED) is 0.621. The fraction of sp³-hybridized carbons (Fsp3) is 0.200. The topological polar surface area (TPSA) is 64.1 Å². The van der Waals surface area contributed by atoms with Gasteiger partial charge >= 0.3 is 0 Å². The van der Waals surface area contributed by atoms with Gasteiger partial charge in [0.2, 0.25) is 0 Å². The van der Waals surface area contributed by atoms with Crippen LogP contribution in [0, 0.1) is 0 Å². The van der Waals surface area contributed by atoms with Crippen LogP contribution in [0.3, 0.4) is 0 Å². The average Bonchev–Trinajstić information content (AvgIpc) is 3.22. The summed E-state index contributed by atoms with van der Waals surface area (Å²) in [7, 11) is 0. The summed E-state index contributed by atoms with van der Waals surface area (Å²) >= 11 is 1.71. The van der Waals surface area contributed by atoms with Gasteiger partial charge in [0.25, 0.3) is 0 Å². The van der Waals surface area contributed by atoms with Gasteiger partial charge in [-0.1, -0.05) is 24.3 Å². The standard InChI is InChI=1S/C20H21N3S/c21-15-6-7-19(22)17(9-15)18-12-24-11-14(18)10-23-20-8-5-13-3-1-2-4-16(13)20/h1-4,6-7,9,11-12,20,23H,5,8,10,21-22H2. The number of hydrogen-bond acceptors (Lipinski definition) is 4. The van der Waals surface area contributed by atoms with Crippen LogP contribution in [-0.2, 0) is 13.0 Å². The van der Waals surface area contributed by atoms with Crippen molar-refractivity contribution in [2.45, 2.75) is 25.4 Å². The molecular formula is C20H21N3S. The molecule has 1 atom stereocenters. The molecule has 0 bridgehead atoms. The summed E-state index contributed by atoms with van der Waals surface area (Å²) < 4.78 is 0. The summed E-state index contributed by atoms with van der Waals surface area (Å²) in [5.74, 6) is 0. The highest BCUT2D eigenvalue weighted by molar-refractivity contribution is 7.08. The van der Waals surface area contributed by atoms with Crippen LogP contribution >= 0.6 is 11.3 Å². The molecule has 0 aliphatic heterocycles. The molecule has 1 unspecified atom stereocenters. The van der Waals surface area contributed by atoms with Crippen molar-refractivity contribution < 1.29 is 0 Å². The maximum Gasteiger partial charge on any atom is 0.0395 e. The number of hydrogen-bond donors (Lipinski definition) is 3. The first-order chi connectivity index (χ1) is 11.7. The van der Waals surface area contributed by atoms with Gasteiger partial charge in [0.15, 0.2) is 0 Å². The second-order valence-electron chi connectivity index (χ2n) is 6.33. The van der Waals surface area contributed by atoms with E-state index in [9.17, 15) is 0 Å². The van der Waals surface area contributed by atoms with Crippen LogP contribution in [0.4, 0.5) is 11.4 Å². The number of nitrogens with one attached hydrogen (secondary N) is 1. The van der Waals surface area contributed by atoms with Gasteiger partial charge in [0.1, 0.15) is 0 Å². The van der Waals surface area contributed by atoms with Crippen molar-refractivity contribution in [3.63, 3.8) is 0 Å². The zero-order valence-electron chi connectivity index (χ0n) is 13.5. The second kappa shape index (κ2) is 6.30. The first kappa shape index (κ1) is 15.2. The largest absolute Gasteiger partial charge is 0.399 e. The Labute approximate surface area is 146 Å². The van der Waals surface area contributed by atoms with E-state index < -0.39 is 0 Å². The minimum Gasteiger partial charge on any atom is -0.399 e. The molecule has 0 amide bonds. The first-order valence-corrected chi connectivity index (χ1v) is 9.18. The minimum absolute atomic E-state index is 0.437. The van der Waals surface area contributed by atoms with Gasteiger partial charge in [-0.25, -0.2) is 0 Å². The maximum absolute atomic E-state index is 6.16. The molecule has 4 heteroatoms. The molecule has 2 aromatic carbocycles. The highest BCUT2D eigenvalue weighted by Gasteiger charge is 2.21. The third kappa shape index (κ3) is 2.79. The molecular weight excluding hydrogens is 314 g/mol. The Morgan fingerprint density at radius 3 is 2.83 bits per heavy atom. The second-order valence-corrected chi connectivity index (χ2v) is 7.07. The zero-order chi connectivity index (χ0) is 16.5. The summed E-state index contributed by atoms with van der Waals surface area (Å²) in [5, 5.41) is 8.08. The van der Waals surface area contributed by atoms with E-state index in [0.717, 1.165) is 29.9 Å². The van der Waals surface area contributed by atoms with Crippen molar-refractivity contribution in [2.24, 2.45) is 0 Å². The lowest BCUT2D eigenvalue weighted by atomic mass is 10.0. The molecule has 0 radical (unpaired) electrons. The highest BCUT2D eigenvalue weighted by atomic mass is 32.1. The van der Waals surface area contributed by atoms with Gasteiger partial charge in [-0.2, -0.15) is 11.3 Å². The number of nitrogen functional groups attached to an aromatic ring is 2. The molecule has 0 spiro atoms. The van der Waals surface area contributed by atoms with Crippen LogP contribution in [0.15, 0.2) is 53.2 Å². The minimum atomic E-state index is 0.437. The van der Waals surface area contributed by atoms with E-state index in [2.05, 4.69) is 40.3 Å².